The Hall–Kier alpha value is -2.24. The van der Waals surface area contributed by atoms with Gasteiger partial charge in [-0.2, -0.15) is 4.98 Å². The summed E-state index contributed by atoms with van der Waals surface area (Å²) in [5.41, 5.74) is 2.60. The van der Waals surface area contributed by atoms with Gasteiger partial charge in [0, 0.05) is 19.6 Å². The number of nitrogens with one attached hydrogen (secondary N) is 1. The number of nitrogens with zero attached hydrogens (tertiary/aromatic N) is 2. The second kappa shape index (κ2) is 12.3. The molecule has 1 saturated heterocycles. The summed E-state index contributed by atoms with van der Waals surface area (Å²) >= 11 is 0. The molecule has 2 heterocycles. The zero-order valence-corrected chi connectivity index (χ0v) is 21.1. The van der Waals surface area contributed by atoms with Crippen LogP contribution in [0.4, 0.5) is 10.8 Å². The van der Waals surface area contributed by atoms with Crippen LogP contribution in [0.15, 0.2) is 22.6 Å². The number of hydrogen-bond donors (Lipinski definition) is 1. The highest BCUT2D eigenvalue weighted by atomic mass is 16.6. The van der Waals surface area contributed by atoms with Crippen molar-refractivity contribution in [3.63, 3.8) is 0 Å². The fraction of sp³-hybridized carbons (Fsp3) is 0.704. The number of aryl methyl sites for hydroxylation is 1. The summed E-state index contributed by atoms with van der Waals surface area (Å²) in [5.74, 6) is 0.366. The summed E-state index contributed by atoms with van der Waals surface area (Å²) in [6.07, 6.45) is 12.5. The van der Waals surface area contributed by atoms with Gasteiger partial charge >= 0.3 is 6.09 Å². The number of ether oxygens (including phenoxy) is 1. The smallest absolute Gasteiger partial charge is 0.410 e. The number of anilines is 1. The summed E-state index contributed by atoms with van der Waals surface area (Å²) in [4.78, 5) is 18.7. The number of aromatic nitrogens is 1. The number of amides is 1. The average Bonchev–Trinajstić information content (AvgIpc) is 3.39. The Labute approximate surface area is 199 Å². The first-order valence-corrected chi connectivity index (χ1v) is 13.0. The van der Waals surface area contributed by atoms with Crippen LogP contribution in [-0.4, -0.2) is 41.2 Å². The zero-order chi connectivity index (χ0) is 23.7. The Morgan fingerprint density at radius 1 is 1.15 bits per heavy atom. The van der Waals surface area contributed by atoms with Crippen LogP contribution in [0.2, 0.25) is 0 Å². The minimum Gasteiger partial charge on any atom is -0.444 e. The number of hydrogen-bond acceptors (Lipinski definition) is 5. The van der Waals surface area contributed by atoms with E-state index in [0.717, 1.165) is 37.0 Å². The Morgan fingerprint density at radius 3 is 2.61 bits per heavy atom. The second-order valence-electron chi connectivity index (χ2n) is 10.5. The van der Waals surface area contributed by atoms with Crippen LogP contribution in [0.3, 0.4) is 0 Å². The van der Waals surface area contributed by atoms with E-state index >= 15 is 0 Å². The van der Waals surface area contributed by atoms with Gasteiger partial charge in [0.1, 0.15) is 11.1 Å². The highest BCUT2D eigenvalue weighted by Gasteiger charge is 2.29. The maximum atomic E-state index is 12.2. The molecule has 3 rings (SSSR count). The minimum absolute atomic E-state index is 0.226. The van der Waals surface area contributed by atoms with E-state index in [2.05, 4.69) is 29.4 Å². The highest BCUT2D eigenvalue weighted by molar-refractivity contribution is 5.75. The van der Waals surface area contributed by atoms with Gasteiger partial charge in [-0.1, -0.05) is 57.9 Å². The van der Waals surface area contributed by atoms with Crippen LogP contribution < -0.4 is 5.32 Å². The first-order chi connectivity index (χ1) is 15.8. The van der Waals surface area contributed by atoms with Crippen molar-refractivity contribution in [3.05, 3.63) is 23.8 Å². The standard InChI is InChI=1S/C27H43N3O3/c1-5-6-7-8-9-10-11-12-13-21-14-15-24-23(18-21)29-25(32-24)28-19-22-16-17-30(20-22)26(31)33-27(2,3)4/h14-15,18,22H,5-13,16-17,19-20H2,1-4H3,(H,28,29)/t22-/m0/s1. The van der Waals surface area contributed by atoms with Gasteiger partial charge in [-0.05, 0) is 63.6 Å². The topological polar surface area (TPSA) is 67.6 Å². The molecule has 6 heteroatoms. The predicted molar refractivity (Wildman–Crippen MR) is 135 cm³/mol. The maximum absolute atomic E-state index is 12.2. The lowest BCUT2D eigenvalue weighted by molar-refractivity contribution is 0.0289. The molecule has 0 saturated carbocycles. The van der Waals surface area contributed by atoms with Gasteiger partial charge in [-0.3, -0.25) is 0 Å². The van der Waals surface area contributed by atoms with Gasteiger partial charge in [0.2, 0.25) is 0 Å². The van der Waals surface area contributed by atoms with Crippen molar-refractivity contribution in [2.24, 2.45) is 5.92 Å². The summed E-state index contributed by atoms with van der Waals surface area (Å²) in [7, 11) is 0. The van der Waals surface area contributed by atoms with E-state index in [1.54, 1.807) is 4.90 Å². The van der Waals surface area contributed by atoms with Crippen LogP contribution in [0.5, 0.6) is 0 Å². The molecule has 0 radical (unpaired) electrons. The van der Waals surface area contributed by atoms with E-state index in [4.69, 9.17) is 9.15 Å². The first kappa shape index (κ1) is 25.4. The van der Waals surface area contributed by atoms with E-state index in [1.165, 1.54) is 56.9 Å². The number of rotatable bonds is 12. The quantitative estimate of drug-likeness (QED) is 0.342. The monoisotopic (exact) mass is 457 g/mol. The van der Waals surface area contributed by atoms with Crippen molar-refractivity contribution in [2.45, 2.75) is 97.5 Å². The molecule has 1 fully saturated rings. The molecule has 1 aromatic carbocycles. The van der Waals surface area contributed by atoms with Crippen molar-refractivity contribution in [3.8, 4) is 0 Å². The number of carbonyl (C=O) groups excluding carboxylic acids is 1. The van der Waals surface area contributed by atoms with Gasteiger partial charge < -0.3 is 19.4 Å². The van der Waals surface area contributed by atoms with E-state index in [0.29, 0.717) is 18.5 Å². The molecule has 1 amide bonds. The Morgan fingerprint density at radius 2 is 1.88 bits per heavy atom. The number of likely N-dealkylation sites (tertiary alicyclic amines) is 1. The molecule has 33 heavy (non-hydrogen) atoms. The zero-order valence-electron chi connectivity index (χ0n) is 21.1. The average molecular weight is 458 g/mol. The summed E-state index contributed by atoms with van der Waals surface area (Å²) in [5, 5.41) is 3.33. The lowest BCUT2D eigenvalue weighted by Crippen LogP contribution is -2.35. The van der Waals surface area contributed by atoms with Gasteiger partial charge in [0.05, 0.1) is 0 Å². The molecule has 1 N–H and O–H groups in total. The molecule has 1 aromatic heterocycles. The largest absolute Gasteiger partial charge is 0.444 e. The lowest BCUT2D eigenvalue weighted by Gasteiger charge is -2.24. The molecule has 1 aliphatic heterocycles. The Bertz CT molecular complexity index is 871. The minimum atomic E-state index is -0.460. The fourth-order valence-electron chi connectivity index (χ4n) is 4.39. The van der Waals surface area contributed by atoms with Gasteiger partial charge in [-0.25, -0.2) is 4.79 Å². The second-order valence-corrected chi connectivity index (χ2v) is 10.5. The van der Waals surface area contributed by atoms with Crippen molar-refractivity contribution < 1.29 is 13.9 Å². The summed E-state index contributed by atoms with van der Waals surface area (Å²) < 4.78 is 11.4. The van der Waals surface area contributed by atoms with Crippen molar-refractivity contribution in [1.82, 2.24) is 9.88 Å². The number of unbranched alkanes of at least 4 members (excludes halogenated alkanes) is 7. The molecule has 1 aliphatic rings. The summed E-state index contributed by atoms with van der Waals surface area (Å²) in [6.45, 7) is 10.1. The molecule has 2 aromatic rings. The third kappa shape index (κ3) is 8.56. The van der Waals surface area contributed by atoms with Gasteiger partial charge in [0.15, 0.2) is 5.58 Å². The molecule has 0 spiro atoms. The molecule has 0 bridgehead atoms. The third-order valence-corrected chi connectivity index (χ3v) is 6.25. The van der Waals surface area contributed by atoms with Crippen LogP contribution >= 0.6 is 0 Å². The number of benzene rings is 1. The van der Waals surface area contributed by atoms with Gasteiger partial charge in [-0.15, -0.1) is 0 Å². The first-order valence-electron chi connectivity index (χ1n) is 13.0. The van der Waals surface area contributed by atoms with Crippen LogP contribution in [0.1, 0.15) is 91.0 Å². The molecular weight excluding hydrogens is 414 g/mol. The van der Waals surface area contributed by atoms with Crippen LogP contribution in [-0.2, 0) is 11.2 Å². The SMILES string of the molecule is CCCCCCCCCCc1ccc2oc(NC[C@@H]3CCN(C(=O)OC(C)(C)C)C3)nc2c1. The Kier molecular flexibility index (Phi) is 9.45. The van der Waals surface area contributed by atoms with Crippen LogP contribution in [0.25, 0.3) is 11.1 Å². The van der Waals surface area contributed by atoms with E-state index in [-0.39, 0.29) is 6.09 Å². The van der Waals surface area contributed by atoms with Crippen LogP contribution in [0, 0.1) is 5.92 Å². The summed E-state index contributed by atoms with van der Waals surface area (Å²) in [6, 6.07) is 6.91. The molecule has 6 nitrogen and oxygen atoms in total. The van der Waals surface area contributed by atoms with E-state index in [9.17, 15) is 4.79 Å². The normalized spacial score (nSPS) is 16.5. The number of oxazole rings is 1. The maximum Gasteiger partial charge on any atom is 0.410 e. The van der Waals surface area contributed by atoms with E-state index < -0.39 is 5.60 Å². The van der Waals surface area contributed by atoms with E-state index in [1.807, 2.05) is 26.8 Å². The molecule has 0 unspecified atom stereocenters. The number of carbonyl (C=O) groups is 1. The third-order valence-electron chi connectivity index (χ3n) is 6.25. The molecule has 0 aliphatic carbocycles. The molecular formula is C27H43N3O3. The molecule has 1 atom stereocenters. The lowest BCUT2D eigenvalue weighted by atomic mass is 10.0. The highest BCUT2D eigenvalue weighted by Crippen LogP contribution is 2.24. The predicted octanol–water partition coefficient (Wildman–Crippen LogP) is 7.18. The molecule has 184 valence electrons. The number of fused-ring (bicyclic) bond motifs is 1. The Balaban J connectivity index is 1.39. The van der Waals surface area contributed by atoms with Crippen molar-refractivity contribution in [2.75, 3.05) is 25.0 Å². The van der Waals surface area contributed by atoms with Crippen molar-refractivity contribution in [1.29, 1.82) is 0 Å². The van der Waals surface area contributed by atoms with Crippen molar-refractivity contribution >= 4 is 23.2 Å². The van der Waals surface area contributed by atoms with Gasteiger partial charge in [0.25, 0.3) is 6.01 Å². The fourth-order valence-corrected chi connectivity index (χ4v) is 4.39.